The predicted molar refractivity (Wildman–Crippen MR) is 87.3 cm³/mol. The van der Waals surface area contributed by atoms with Gasteiger partial charge in [0.15, 0.2) is 5.79 Å². The highest BCUT2D eigenvalue weighted by atomic mass is 16.6. The molecule has 0 radical (unpaired) electrons. The predicted octanol–water partition coefficient (Wildman–Crippen LogP) is 2.12. The summed E-state index contributed by atoms with van der Waals surface area (Å²) in [6.45, 7) is 0. The number of nitrogens with zero attached hydrogens (tertiary/aromatic N) is 2. The smallest absolute Gasteiger partial charge is 0.326 e. The van der Waals surface area contributed by atoms with E-state index in [4.69, 9.17) is 5.73 Å². The largest absolute Gasteiger partial charge is 0.349 e. The van der Waals surface area contributed by atoms with Crippen LogP contribution in [0.2, 0.25) is 0 Å². The van der Waals surface area contributed by atoms with Crippen molar-refractivity contribution in [3.05, 3.63) is 51.8 Å². The van der Waals surface area contributed by atoms with E-state index in [1.54, 1.807) is 0 Å². The molecule has 1 aliphatic heterocycles. The van der Waals surface area contributed by atoms with Crippen molar-refractivity contribution in [2.24, 2.45) is 16.6 Å². The SMILES string of the molecule is NC1(C2CC2)N=C(Nc2ccc(C3CC3)cc2)C([N+](=O)[O-])=CN1. The third kappa shape index (κ3) is 2.79. The first-order valence-electron chi connectivity index (χ1n) is 7.93. The van der Waals surface area contributed by atoms with Crippen LogP contribution in [0.4, 0.5) is 5.69 Å². The molecule has 1 aromatic rings. The summed E-state index contributed by atoms with van der Waals surface area (Å²) >= 11 is 0. The molecular formula is C16H19N5O2. The Hall–Kier alpha value is -2.41. The molecule has 7 heteroatoms. The first-order valence-corrected chi connectivity index (χ1v) is 7.93. The second-order valence-electron chi connectivity index (χ2n) is 6.51. The summed E-state index contributed by atoms with van der Waals surface area (Å²) in [6, 6.07) is 8.00. The zero-order chi connectivity index (χ0) is 16.0. The first-order chi connectivity index (χ1) is 11.0. The average molecular weight is 313 g/mol. The van der Waals surface area contributed by atoms with Crippen LogP contribution in [0.25, 0.3) is 0 Å². The number of benzene rings is 1. The zero-order valence-electron chi connectivity index (χ0n) is 12.7. The van der Waals surface area contributed by atoms with Crippen LogP contribution >= 0.6 is 0 Å². The molecule has 2 fully saturated rings. The Morgan fingerprint density at radius 1 is 1.26 bits per heavy atom. The van der Waals surface area contributed by atoms with Gasteiger partial charge in [-0.15, -0.1) is 0 Å². The third-order valence-electron chi connectivity index (χ3n) is 4.60. The van der Waals surface area contributed by atoms with Gasteiger partial charge in [0.1, 0.15) is 0 Å². The summed E-state index contributed by atoms with van der Waals surface area (Å²) in [5, 5.41) is 17.2. The lowest BCUT2D eigenvalue weighted by atomic mass is 10.1. The monoisotopic (exact) mass is 313 g/mol. The van der Waals surface area contributed by atoms with Gasteiger partial charge in [-0.25, -0.2) is 4.99 Å². The molecule has 0 amide bonds. The number of rotatable bonds is 4. The summed E-state index contributed by atoms with van der Waals surface area (Å²) in [6.07, 6.45) is 5.81. The highest BCUT2D eigenvalue weighted by Crippen LogP contribution is 2.40. The molecule has 0 bridgehead atoms. The van der Waals surface area contributed by atoms with E-state index < -0.39 is 10.7 Å². The van der Waals surface area contributed by atoms with Crippen molar-refractivity contribution >= 4 is 11.5 Å². The molecule has 23 heavy (non-hydrogen) atoms. The summed E-state index contributed by atoms with van der Waals surface area (Å²) in [5.41, 5.74) is 8.24. The Balaban J connectivity index is 1.58. The summed E-state index contributed by atoms with van der Waals surface area (Å²) in [4.78, 5) is 15.2. The third-order valence-corrected chi connectivity index (χ3v) is 4.60. The lowest BCUT2D eigenvalue weighted by Crippen LogP contribution is -2.55. The second-order valence-corrected chi connectivity index (χ2v) is 6.51. The maximum atomic E-state index is 11.2. The minimum Gasteiger partial charge on any atom is -0.349 e. The van der Waals surface area contributed by atoms with Gasteiger partial charge in [-0.05, 0) is 49.3 Å². The van der Waals surface area contributed by atoms with Gasteiger partial charge in [-0.2, -0.15) is 0 Å². The Morgan fingerprint density at radius 2 is 1.96 bits per heavy atom. The van der Waals surface area contributed by atoms with Gasteiger partial charge >= 0.3 is 5.70 Å². The van der Waals surface area contributed by atoms with Gasteiger partial charge in [0, 0.05) is 11.6 Å². The maximum Gasteiger partial charge on any atom is 0.326 e. The van der Waals surface area contributed by atoms with Gasteiger partial charge in [0.25, 0.3) is 0 Å². The van der Waals surface area contributed by atoms with Crippen LogP contribution in [0.5, 0.6) is 0 Å². The summed E-state index contributed by atoms with van der Waals surface area (Å²) < 4.78 is 0. The number of nitro groups is 1. The van der Waals surface area contributed by atoms with Crippen molar-refractivity contribution < 1.29 is 4.92 Å². The van der Waals surface area contributed by atoms with Crippen LogP contribution in [-0.4, -0.2) is 16.5 Å². The molecule has 1 heterocycles. The van der Waals surface area contributed by atoms with Crippen molar-refractivity contribution in [1.82, 2.24) is 5.32 Å². The number of hydrogen-bond donors (Lipinski definition) is 3. The lowest BCUT2D eigenvalue weighted by Gasteiger charge is -2.29. The highest BCUT2D eigenvalue weighted by Gasteiger charge is 2.45. The molecule has 4 rings (SSSR count). The minimum absolute atomic E-state index is 0.0991. The summed E-state index contributed by atoms with van der Waals surface area (Å²) in [7, 11) is 0. The Kier molecular flexibility index (Phi) is 3.12. The maximum absolute atomic E-state index is 11.2. The number of nitrogens with one attached hydrogen (secondary N) is 2. The van der Waals surface area contributed by atoms with Gasteiger partial charge in [0.05, 0.1) is 11.1 Å². The van der Waals surface area contributed by atoms with Crippen molar-refractivity contribution in [3.63, 3.8) is 0 Å². The van der Waals surface area contributed by atoms with Gasteiger partial charge in [0.2, 0.25) is 5.84 Å². The molecular weight excluding hydrogens is 294 g/mol. The molecule has 3 aliphatic rings. The van der Waals surface area contributed by atoms with E-state index in [-0.39, 0.29) is 17.5 Å². The fraction of sp³-hybridized carbons (Fsp3) is 0.438. The Morgan fingerprint density at radius 3 is 2.52 bits per heavy atom. The van der Waals surface area contributed by atoms with E-state index in [0.717, 1.165) is 18.5 Å². The molecule has 4 N–H and O–H groups in total. The molecule has 7 nitrogen and oxygen atoms in total. The fourth-order valence-electron chi connectivity index (χ4n) is 2.88. The van der Waals surface area contributed by atoms with E-state index >= 15 is 0 Å². The lowest BCUT2D eigenvalue weighted by molar-refractivity contribution is -0.416. The number of aliphatic imine (C=N–C) groups is 1. The standard InChI is InChI=1S/C16H19N5O2/c17-16(12-5-6-12)18-9-14(21(22)23)15(20-16)19-13-7-3-11(4-8-13)10-1-2-10/h3-4,7-10,12,18H,1-2,5-6,17H2,(H,19,20). The molecule has 1 unspecified atom stereocenters. The van der Waals surface area contributed by atoms with Gasteiger partial charge in [-0.1, -0.05) is 12.1 Å². The van der Waals surface area contributed by atoms with Crippen LogP contribution in [0.15, 0.2) is 41.2 Å². The quantitative estimate of drug-likeness (QED) is 0.583. The Bertz CT molecular complexity index is 704. The molecule has 2 aliphatic carbocycles. The minimum atomic E-state index is -0.949. The number of nitrogens with two attached hydrogens (primary N) is 1. The molecule has 0 spiro atoms. The van der Waals surface area contributed by atoms with Crippen LogP contribution in [0.1, 0.15) is 37.2 Å². The summed E-state index contributed by atoms with van der Waals surface area (Å²) in [5.74, 6) is 0.167. The molecule has 120 valence electrons. The highest BCUT2D eigenvalue weighted by molar-refractivity contribution is 6.06. The number of anilines is 1. The Labute approximate surface area is 133 Å². The van der Waals surface area contributed by atoms with E-state index in [9.17, 15) is 10.1 Å². The van der Waals surface area contributed by atoms with Crippen molar-refractivity contribution in [3.8, 4) is 0 Å². The molecule has 0 aromatic heterocycles. The average Bonchev–Trinajstić information content (AvgIpc) is 3.40. The van der Waals surface area contributed by atoms with Crippen LogP contribution in [-0.2, 0) is 0 Å². The van der Waals surface area contributed by atoms with Gasteiger partial charge in [-0.3, -0.25) is 15.8 Å². The van der Waals surface area contributed by atoms with Crippen LogP contribution in [0.3, 0.4) is 0 Å². The fourth-order valence-corrected chi connectivity index (χ4v) is 2.88. The molecule has 2 saturated carbocycles. The molecule has 1 aromatic carbocycles. The second kappa shape index (κ2) is 5.06. The number of hydrogen-bond acceptors (Lipinski definition) is 6. The molecule has 1 atom stereocenters. The van der Waals surface area contributed by atoms with E-state index in [1.807, 2.05) is 12.1 Å². The van der Waals surface area contributed by atoms with Crippen LogP contribution < -0.4 is 16.4 Å². The molecule has 0 saturated heterocycles. The first kappa shape index (κ1) is 14.2. The van der Waals surface area contributed by atoms with Gasteiger partial charge < -0.3 is 10.6 Å². The topological polar surface area (TPSA) is 106 Å². The van der Waals surface area contributed by atoms with Crippen molar-refractivity contribution in [2.75, 3.05) is 5.32 Å². The van der Waals surface area contributed by atoms with Crippen molar-refractivity contribution in [2.45, 2.75) is 37.4 Å². The zero-order valence-corrected chi connectivity index (χ0v) is 12.7. The normalized spacial score (nSPS) is 26.8. The van der Waals surface area contributed by atoms with Crippen LogP contribution in [0, 0.1) is 16.0 Å². The van der Waals surface area contributed by atoms with E-state index in [0.29, 0.717) is 5.92 Å². The van der Waals surface area contributed by atoms with Crippen molar-refractivity contribution in [1.29, 1.82) is 0 Å². The van der Waals surface area contributed by atoms with E-state index in [1.165, 1.54) is 24.6 Å². The van der Waals surface area contributed by atoms with E-state index in [2.05, 4.69) is 27.8 Å². The number of amidine groups is 1.